The summed E-state index contributed by atoms with van der Waals surface area (Å²) < 4.78 is 31.1. The first-order valence-electron chi connectivity index (χ1n) is 12.2. The van der Waals surface area contributed by atoms with Crippen molar-refractivity contribution < 1.29 is 33.3 Å². The summed E-state index contributed by atoms with van der Waals surface area (Å²) in [6.07, 6.45) is 4.33. The van der Waals surface area contributed by atoms with Gasteiger partial charge in [-0.05, 0) is 54.1 Å². The lowest BCUT2D eigenvalue weighted by Crippen LogP contribution is -2.22. The number of benzene rings is 2. The van der Waals surface area contributed by atoms with Crippen LogP contribution in [0.5, 0.6) is 17.2 Å². The molecule has 0 unspecified atom stereocenters. The molecule has 1 aromatic heterocycles. The normalized spacial score (nSPS) is 18.3. The Balaban J connectivity index is 1.90. The highest BCUT2D eigenvalue weighted by molar-refractivity contribution is 5.81. The molecule has 0 aliphatic carbocycles. The predicted octanol–water partition coefficient (Wildman–Crippen LogP) is 5.52. The number of carbonyl (C=O) groups is 2. The standard InChI is InChI=1S/C28H33NO7/c1-18(30)35-26-21-9-10-23-20(15-21)11-13-29(23)12-7-5-6-8-14-34-28-24(32-3)16-22(17-25(28)33-4)27(26)36-19(2)31/h9-11,13,15-17,26-27H,5-8,12,14H2,1-4H3/t26-,27+/m1/s1. The van der Waals surface area contributed by atoms with Crippen molar-refractivity contribution in [2.24, 2.45) is 0 Å². The number of aromatic nitrogens is 1. The Hall–Kier alpha value is -3.68. The summed E-state index contributed by atoms with van der Waals surface area (Å²) in [7, 11) is 3.08. The average molecular weight is 496 g/mol. The van der Waals surface area contributed by atoms with Gasteiger partial charge in [0, 0.05) is 37.7 Å². The van der Waals surface area contributed by atoms with E-state index < -0.39 is 24.1 Å². The van der Waals surface area contributed by atoms with Crippen LogP contribution in [0.3, 0.4) is 0 Å². The van der Waals surface area contributed by atoms with E-state index in [2.05, 4.69) is 10.8 Å². The van der Waals surface area contributed by atoms with Gasteiger partial charge in [0.15, 0.2) is 23.7 Å². The molecule has 8 nitrogen and oxygen atoms in total. The lowest BCUT2D eigenvalue weighted by molar-refractivity contribution is -0.166. The Kier molecular flexibility index (Phi) is 8.03. The minimum atomic E-state index is -0.943. The van der Waals surface area contributed by atoms with Gasteiger partial charge in [-0.15, -0.1) is 0 Å². The van der Waals surface area contributed by atoms with Crippen molar-refractivity contribution in [1.29, 1.82) is 0 Å². The number of aryl methyl sites for hydroxylation is 1. The van der Waals surface area contributed by atoms with Crippen molar-refractivity contribution in [3.63, 3.8) is 0 Å². The minimum absolute atomic E-state index is 0.441. The molecule has 0 N–H and O–H groups in total. The van der Waals surface area contributed by atoms with E-state index in [4.69, 9.17) is 23.7 Å². The van der Waals surface area contributed by atoms with Gasteiger partial charge in [0.25, 0.3) is 0 Å². The molecule has 4 aliphatic heterocycles. The molecular formula is C28H33NO7. The van der Waals surface area contributed by atoms with Gasteiger partial charge in [-0.1, -0.05) is 18.9 Å². The van der Waals surface area contributed by atoms with Gasteiger partial charge in [-0.2, -0.15) is 0 Å². The van der Waals surface area contributed by atoms with E-state index in [9.17, 15) is 9.59 Å². The molecular weight excluding hydrogens is 462 g/mol. The van der Waals surface area contributed by atoms with Gasteiger partial charge < -0.3 is 28.3 Å². The van der Waals surface area contributed by atoms with Crippen molar-refractivity contribution in [3.05, 3.63) is 53.7 Å². The highest BCUT2D eigenvalue weighted by Gasteiger charge is 2.33. The zero-order valence-electron chi connectivity index (χ0n) is 21.2. The second kappa shape index (κ2) is 11.4. The van der Waals surface area contributed by atoms with Crippen LogP contribution >= 0.6 is 0 Å². The van der Waals surface area contributed by atoms with E-state index >= 15 is 0 Å². The lowest BCUT2D eigenvalue weighted by atomic mass is 9.96. The average Bonchev–Trinajstić information content (AvgIpc) is 3.26. The van der Waals surface area contributed by atoms with Gasteiger partial charge in [0.2, 0.25) is 5.75 Å². The van der Waals surface area contributed by atoms with Gasteiger partial charge in [-0.25, -0.2) is 0 Å². The maximum atomic E-state index is 12.2. The fraction of sp³-hybridized carbons (Fsp3) is 0.429. The molecule has 192 valence electrons. The van der Waals surface area contributed by atoms with E-state index in [-0.39, 0.29) is 0 Å². The summed E-state index contributed by atoms with van der Waals surface area (Å²) in [6, 6.07) is 11.4. The van der Waals surface area contributed by atoms with E-state index in [1.165, 1.54) is 13.8 Å². The monoisotopic (exact) mass is 495 g/mol. The summed E-state index contributed by atoms with van der Waals surface area (Å²) in [6.45, 7) is 4.09. The van der Waals surface area contributed by atoms with E-state index in [1.807, 2.05) is 24.3 Å². The van der Waals surface area contributed by atoms with Crippen LogP contribution in [0.2, 0.25) is 0 Å². The summed E-state index contributed by atoms with van der Waals surface area (Å²) >= 11 is 0. The molecule has 0 saturated carbocycles. The topological polar surface area (TPSA) is 85.2 Å². The number of rotatable bonds is 4. The quantitative estimate of drug-likeness (QED) is 0.441. The van der Waals surface area contributed by atoms with Crippen molar-refractivity contribution >= 4 is 22.8 Å². The number of methoxy groups -OCH3 is 2. The van der Waals surface area contributed by atoms with E-state index in [0.717, 1.165) is 43.1 Å². The summed E-state index contributed by atoms with van der Waals surface area (Å²) in [4.78, 5) is 24.4. The van der Waals surface area contributed by atoms with Crippen LogP contribution in [-0.4, -0.2) is 37.3 Å². The van der Waals surface area contributed by atoms with E-state index in [0.29, 0.717) is 35.0 Å². The molecule has 0 radical (unpaired) electrons. The van der Waals surface area contributed by atoms with Crippen LogP contribution in [0, 0.1) is 0 Å². The number of nitrogens with zero attached hydrogens (tertiary/aromatic N) is 1. The fourth-order valence-corrected chi connectivity index (χ4v) is 4.68. The molecule has 8 heteroatoms. The van der Waals surface area contributed by atoms with Crippen molar-refractivity contribution in [2.45, 2.75) is 58.3 Å². The molecule has 0 spiro atoms. The zero-order valence-corrected chi connectivity index (χ0v) is 21.2. The van der Waals surface area contributed by atoms with Crippen LogP contribution in [0.4, 0.5) is 0 Å². The highest BCUT2D eigenvalue weighted by atomic mass is 16.6. The number of esters is 2. The molecule has 6 bridgehead atoms. The second-order valence-electron chi connectivity index (χ2n) is 8.90. The van der Waals surface area contributed by atoms with Crippen molar-refractivity contribution in [3.8, 4) is 17.2 Å². The Morgan fingerprint density at radius 3 is 2.11 bits per heavy atom. The van der Waals surface area contributed by atoms with Crippen LogP contribution in [0.1, 0.15) is 62.9 Å². The molecule has 0 saturated heterocycles. The van der Waals surface area contributed by atoms with E-state index in [1.54, 1.807) is 26.4 Å². The lowest BCUT2D eigenvalue weighted by Gasteiger charge is -2.28. The smallest absolute Gasteiger partial charge is 0.303 e. The third-order valence-corrected chi connectivity index (χ3v) is 6.34. The van der Waals surface area contributed by atoms with Gasteiger partial charge in [0.05, 0.1) is 20.8 Å². The Labute approximate surface area is 211 Å². The van der Waals surface area contributed by atoms with Crippen LogP contribution in [0.25, 0.3) is 10.9 Å². The number of hydrogen-bond donors (Lipinski definition) is 0. The Bertz CT molecular complexity index is 1210. The zero-order chi connectivity index (χ0) is 25.7. The van der Waals surface area contributed by atoms with Crippen LogP contribution in [0.15, 0.2) is 42.6 Å². The number of hydrogen-bond acceptors (Lipinski definition) is 7. The molecule has 2 aromatic carbocycles. The molecule has 5 heterocycles. The molecule has 7 rings (SSSR count). The van der Waals surface area contributed by atoms with Gasteiger partial charge >= 0.3 is 11.9 Å². The van der Waals surface area contributed by atoms with Crippen molar-refractivity contribution in [2.75, 3.05) is 20.8 Å². The van der Waals surface area contributed by atoms with Crippen molar-refractivity contribution in [1.82, 2.24) is 4.57 Å². The SMILES string of the molecule is COc1cc2cc(OC)c1OCCCCCCn1ccc3cc(ccc31)[C@@H](OC(C)=O)[C@H]2OC(C)=O. The largest absolute Gasteiger partial charge is 0.493 e. The van der Waals surface area contributed by atoms with Gasteiger partial charge in [0.1, 0.15) is 0 Å². The third kappa shape index (κ3) is 5.58. The molecule has 0 fully saturated rings. The van der Waals surface area contributed by atoms with Crippen LogP contribution < -0.4 is 14.2 Å². The first kappa shape index (κ1) is 25.4. The maximum absolute atomic E-state index is 12.2. The first-order chi connectivity index (χ1) is 17.4. The molecule has 36 heavy (non-hydrogen) atoms. The Morgan fingerprint density at radius 1 is 0.833 bits per heavy atom. The fourth-order valence-electron chi connectivity index (χ4n) is 4.68. The maximum Gasteiger partial charge on any atom is 0.303 e. The number of carbonyl (C=O) groups excluding carboxylic acids is 2. The minimum Gasteiger partial charge on any atom is -0.493 e. The third-order valence-electron chi connectivity index (χ3n) is 6.34. The molecule has 3 aromatic rings. The highest BCUT2D eigenvalue weighted by Crippen LogP contribution is 2.44. The molecule has 0 amide bonds. The second-order valence-corrected chi connectivity index (χ2v) is 8.90. The first-order valence-corrected chi connectivity index (χ1v) is 12.2. The van der Waals surface area contributed by atoms with Gasteiger partial charge in [-0.3, -0.25) is 9.59 Å². The molecule has 4 aliphatic rings. The van der Waals surface area contributed by atoms with Crippen LogP contribution in [-0.2, 0) is 25.6 Å². The summed E-state index contributed by atoms with van der Waals surface area (Å²) in [5.74, 6) is 0.365. The summed E-state index contributed by atoms with van der Waals surface area (Å²) in [5, 5.41) is 1.02. The predicted molar refractivity (Wildman–Crippen MR) is 134 cm³/mol. The molecule has 2 atom stereocenters. The number of ether oxygens (including phenoxy) is 5. The Morgan fingerprint density at radius 2 is 1.47 bits per heavy atom. The summed E-state index contributed by atoms with van der Waals surface area (Å²) in [5.41, 5.74) is 2.36.